The first-order chi connectivity index (χ1) is 8.33. The zero-order chi connectivity index (χ0) is 12.9. The van der Waals surface area contributed by atoms with Gasteiger partial charge in [-0.25, -0.2) is 0 Å². The van der Waals surface area contributed by atoms with Crippen molar-refractivity contribution < 1.29 is 9.53 Å². The third-order valence-corrected chi connectivity index (χ3v) is 1.98. The molecule has 17 heavy (non-hydrogen) atoms. The van der Waals surface area contributed by atoms with Gasteiger partial charge < -0.3 is 10.1 Å². The number of rotatable bonds is 6. The largest absolute Gasteiger partial charge is 0.466 e. The first-order valence-electron chi connectivity index (χ1n) is 6.23. The van der Waals surface area contributed by atoms with Crippen molar-refractivity contribution in [3.05, 3.63) is 35.9 Å². The molecule has 1 N–H and O–H groups in total. The highest BCUT2D eigenvalue weighted by Crippen LogP contribution is 1.97. The zero-order valence-electron chi connectivity index (χ0n) is 11.0. The molecule has 3 nitrogen and oxygen atoms in total. The third kappa shape index (κ3) is 8.46. The number of nitrogens with one attached hydrogen (secondary N) is 1. The molecular formula is C14H23NO2. The second-order valence-corrected chi connectivity index (χ2v) is 3.22. The number of ether oxygens (including phenoxy) is 1. The average molecular weight is 237 g/mol. The molecule has 1 rings (SSSR count). The molecule has 0 radical (unpaired) electrons. The predicted molar refractivity (Wildman–Crippen MR) is 70.7 cm³/mol. The maximum Gasteiger partial charge on any atom is 0.307 e. The molecule has 0 aliphatic rings. The molecular weight excluding hydrogens is 214 g/mol. The molecule has 0 heterocycles. The molecule has 0 atom stereocenters. The molecule has 3 heteroatoms. The van der Waals surface area contributed by atoms with Gasteiger partial charge in [-0.2, -0.15) is 0 Å². The Morgan fingerprint density at radius 3 is 2.47 bits per heavy atom. The highest BCUT2D eigenvalue weighted by molar-refractivity contribution is 5.69. The van der Waals surface area contributed by atoms with Gasteiger partial charge in [-0.3, -0.25) is 4.79 Å². The van der Waals surface area contributed by atoms with Crippen LogP contribution in [0.3, 0.4) is 0 Å². The van der Waals surface area contributed by atoms with Crippen LogP contribution < -0.4 is 5.32 Å². The van der Waals surface area contributed by atoms with Gasteiger partial charge >= 0.3 is 5.97 Å². The summed E-state index contributed by atoms with van der Waals surface area (Å²) in [6.45, 7) is 7.72. The van der Waals surface area contributed by atoms with E-state index < -0.39 is 0 Å². The van der Waals surface area contributed by atoms with Crippen LogP contribution in [0.4, 0.5) is 0 Å². The number of benzene rings is 1. The first-order valence-corrected chi connectivity index (χ1v) is 6.23. The molecule has 96 valence electrons. The predicted octanol–water partition coefficient (Wildman–Crippen LogP) is 2.76. The molecule has 0 amide bonds. The van der Waals surface area contributed by atoms with Gasteiger partial charge in [-0.15, -0.1) is 0 Å². The highest BCUT2D eigenvalue weighted by Gasteiger charge is 1.99. The van der Waals surface area contributed by atoms with Crippen molar-refractivity contribution in [1.82, 2.24) is 5.32 Å². The van der Waals surface area contributed by atoms with Crippen LogP contribution in [0.1, 0.15) is 32.8 Å². The Kier molecular flexibility index (Phi) is 10.3. The Morgan fingerprint density at radius 1 is 1.24 bits per heavy atom. The zero-order valence-corrected chi connectivity index (χ0v) is 11.0. The van der Waals surface area contributed by atoms with E-state index in [9.17, 15) is 4.79 Å². The van der Waals surface area contributed by atoms with Gasteiger partial charge in [0.25, 0.3) is 0 Å². The van der Waals surface area contributed by atoms with Crippen molar-refractivity contribution in [2.75, 3.05) is 13.2 Å². The van der Waals surface area contributed by atoms with E-state index in [1.807, 2.05) is 39.0 Å². The number of esters is 1. The Hall–Kier alpha value is -1.35. The van der Waals surface area contributed by atoms with Crippen molar-refractivity contribution in [3.63, 3.8) is 0 Å². The van der Waals surface area contributed by atoms with Crippen LogP contribution in [-0.4, -0.2) is 19.1 Å². The molecule has 0 aliphatic heterocycles. The highest BCUT2D eigenvalue weighted by atomic mass is 16.5. The van der Waals surface area contributed by atoms with Crippen LogP contribution in [0.15, 0.2) is 30.3 Å². The number of carbonyl (C=O) groups excluding carboxylic acids is 1. The molecule has 0 aromatic heterocycles. The van der Waals surface area contributed by atoms with Gasteiger partial charge in [-0.1, -0.05) is 44.2 Å². The minimum atomic E-state index is -0.141. The van der Waals surface area contributed by atoms with Crippen LogP contribution in [0, 0.1) is 0 Å². The van der Waals surface area contributed by atoms with Gasteiger partial charge in [0, 0.05) is 13.1 Å². The average Bonchev–Trinajstić information content (AvgIpc) is 2.39. The quantitative estimate of drug-likeness (QED) is 0.610. The summed E-state index contributed by atoms with van der Waals surface area (Å²) in [5, 5.41) is 3.19. The van der Waals surface area contributed by atoms with Crippen molar-refractivity contribution in [2.45, 2.75) is 33.7 Å². The standard InChI is InChI=1S/C12H17NO2.C2H6/c1-2-15-12(14)8-9-13-10-11-6-4-3-5-7-11;1-2/h3-7,13H,2,8-10H2,1H3;1-2H3. The van der Waals surface area contributed by atoms with Crippen LogP contribution in [-0.2, 0) is 16.1 Å². The maximum absolute atomic E-state index is 11.0. The van der Waals surface area contributed by atoms with Crippen LogP contribution >= 0.6 is 0 Å². The monoisotopic (exact) mass is 237 g/mol. The summed E-state index contributed by atoms with van der Waals surface area (Å²) in [6.07, 6.45) is 0.431. The first kappa shape index (κ1) is 15.7. The summed E-state index contributed by atoms with van der Waals surface area (Å²) >= 11 is 0. The van der Waals surface area contributed by atoms with E-state index in [4.69, 9.17) is 4.74 Å². The maximum atomic E-state index is 11.0. The fraction of sp³-hybridized carbons (Fsp3) is 0.500. The Balaban J connectivity index is 0.00000121. The van der Waals surface area contributed by atoms with Crippen LogP contribution in [0.2, 0.25) is 0 Å². The second-order valence-electron chi connectivity index (χ2n) is 3.22. The fourth-order valence-corrected chi connectivity index (χ4v) is 1.25. The SMILES string of the molecule is CC.CCOC(=O)CCNCc1ccccc1. The molecule has 0 fully saturated rings. The molecule has 0 saturated carbocycles. The smallest absolute Gasteiger partial charge is 0.307 e. The number of hydrogen-bond donors (Lipinski definition) is 1. The molecule has 1 aromatic carbocycles. The Labute approximate surface area is 104 Å². The van der Waals surface area contributed by atoms with Crippen molar-refractivity contribution in [2.24, 2.45) is 0 Å². The summed E-state index contributed by atoms with van der Waals surface area (Å²) in [4.78, 5) is 11.0. The number of carbonyl (C=O) groups is 1. The van der Waals surface area contributed by atoms with Crippen LogP contribution in [0.5, 0.6) is 0 Å². The molecule has 0 bridgehead atoms. The van der Waals surface area contributed by atoms with E-state index in [-0.39, 0.29) is 5.97 Å². The fourth-order valence-electron chi connectivity index (χ4n) is 1.25. The molecule has 0 unspecified atom stereocenters. The summed E-state index contributed by atoms with van der Waals surface area (Å²) in [7, 11) is 0. The lowest BCUT2D eigenvalue weighted by molar-refractivity contribution is -0.142. The van der Waals surface area contributed by atoms with E-state index in [0.29, 0.717) is 19.6 Å². The van der Waals surface area contributed by atoms with E-state index in [2.05, 4.69) is 17.4 Å². The topological polar surface area (TPSA) is 38.3 Å². The molecule has 1 aromatic rings. The van der Waals surface area contributed by atoms with Gasteiger partial charge in [0.15, 0.2) is 0 Å². The van der Waals surface area contributed by atoms with E-state index >= 15 is 0 Å². The minimum absolute atomic E-state index is 0.141. The lowest BCUT2D eigenvalue weighted by Crippen LogP contribution is -2.18. The normalized spacial score (nSPS) is 9.12. The summed E-state index contributed by atoms with van der Waals surface area (Å²) in [6, 6.07) is 10.1. The lowest BCUT2D eigenvalue weighted by atomic mass is 10.2. The molecule has 0 aliphatic carbocycles. The summed E-state index contributed by atoms with van der Waals surface area (Å²) in [5.74, 6) is -0.141. The van der Waals surface area contributed by atoms with Gasteiger partial charge in [-0.05, 0) is 12.5 Å². The molecule has 0 saturated heterocycles. The Bertz CT molecular complexity index is 286. The Morgan fingerprint density at radius 2 is 1.88 bits per heavy atom. The van der Waals surface area contributed by atoms with Gasteiger partial charge in [0.05, 0.1) is 13.0 Å². The second kappa shape index (κ2) is 11.1. The summed E-state index contributed by atoms with van der Waals surface area (Å²) in [5.41, 5.74) is 1.22. The van der Waals surface area contributed by atoms with Crippen LogP contribution in [0.25, 0.3) is 0 Å². The van der Waals surface area contributed by atoms with Crippen molar-refractivity contribution in [3.8, 4) is 0 Å². The molecule has 0 spiro atoms. The third-order valence-electron chi connectivity index (χ3n) is 1.98. The van der Waals surface area contributed by atoms with E-state index in [0.717, 1.165) is 6.54 Å². The number of hydrogen-bond acceptors (Lipinski definition) is 3. The van der Waals surface area contributed by atoms with E-state index in [1.54, 1.807) is 0 Å². The van der Waals surface area contributed by atoms with Gasteiger partial charge in [0.1, 0.15) is 0 Å². The minimum Gasteiger partial charge on any atom is -0.466 e. The van der Waals surface area contributed by atoms with Crippen molar-refractivity contribution >= 4 is 5.97 Å². The van der Waals surface area contributed by atoms with E-state index in [1.165, 1.54) is 5.56 Å². The summed E-state index contributed by atoms with van der Waals surface area (Å²) < 4.78 is 4.82. The lowest BCUT2D eigenvalue weighted by Gasteiger charge is -2.04. The van der Waals surface area contributed by atoms with Gasteiger partial charge in [0.2, 0.25) is 0 Å². The van der Waals surface area contributed by atoms with Crippen molar-refractivity contribution in [1.29, 1.82) is 0 Å².